The largest absolute Gasteiger partial charge is 0.352 e. The predicted molar refractivity (Wildman–Crippen MR) is 110 cm³/mol. The Bertz CT molecular complexity index is 1020. The maximum atomic E-state index is 12.6. The Balaban J connectivity index is 1.44. The van der Waals surface area contributed by atoms with Crippen LogP contribution in [-0.2, 0) is 17.9 Å². The van der Waals surface area contributed by atoms with Crippen LogP contribution in [0.1, 0.15) is 31.2 Å². The van der Waals surface area contributed by atoms with Crippen molar-refractivity contribution in [1.82, 2.24) is 14.9 Å². The van der Waals surface area contributed by atoms with Crippen LogP contribution in [-0.4, -0.2) is 15.5 Å². The smallest absolute Gasteiger partial charge is 0.262 e. The number of nitrogens with one attached hydrogen (secondary N) is 2. The molecule has 1 heterocycles. The molecule has 0 aliphatic rings. The number of fused-ring (bicyclic) bond motifs is 1. The van der Waals surface area contributed by atoms with Gasteiger partial charge in [-0.1, -0.05) is 48.9 Å². The summed E-state index contributed by atoms with van der Waals surface area (Å²) >= 11 is 5.31. The monoisotopic (exact) mass is 381 g/mol. The van der Waals surface area contributed by atoms with Gasteiger partial charge in [0.15, 0.2) is 4.77 Å². The van der Waals surface area contributed by atoms with Crippen molar-refractivity contribution in [2.45, 2.75) is 38.8 Å². The fourth-order valence-corrected chi connectivity index (χ4v) is 3.30. The Labute approximate surface area is 163 Å². The zero-order chi connectivity index (χ0) is 19.1. The van der Waals surface area contributed by atoms with E-state index in [1.807, 2.05) is 48.5 Å². The molecule has 6 heteroatoms. The minimum atomic E-state index is -0.0602. The first-order valence-corrected chi connectivity index (χ1v) is 9.58. The van der Waals surface area contributed by atoms with Crippen LogP contribution >= 0.6 is 12.2 Å². The zero-order valence-electron chi connectivity index (χ0n) is 15.1. The Morgan fingerprint density at radius 2 is 1.74 bits per heavy atom. The molecule has 2 aromatic carbocycles. The molecule has 0 unspecified atom stereocenters. The summed E-state index contributed by atoms with van der Waals surface area (Å²) < 4.78 is 2.05. The molecule has 3 rings (SSSR count). The third-order valence-electron chi connectivity index (χ3n) is 4.51. The van der Waals surface area contributed by atoms with Crippen LogP contribution in [0.3, 0.4) is 0 Å². The molecule has 0 aliphatic carbocycles. The molecular weight excluding hydrogens is 358 g/mol. The van der Waals surface area contributed by atoms with E-state index in [0.29, 0.717) is 29.7 Å². The maximum Gasteiger partial charge on any atom is 0.262 e. The average molecular weight is 382 g/mol. The molecule has 0 spiro atoms. The van der Waals surface area contributed by atoms with E-state index < -0.39 is 0 Å². The second kappa shape index (κ2) is 9.28. The first-order chi connectivity index (χ1) is 13.1. The summed E-state index contributed by atoms with van der Waals surface area (Å²) in [7, 11) is 0. The highest BCUT2D eigenvalue weighted by molar-refractivity contribution is 7.71. The Morgan fingerprint density at radius 1 is 1.00 bits per heavy atom. The van der Waals surface area contributed by atoms with E-state index in [2.05, 4.69) is 10.3 Å². The molecule has 5 nitrogen and oxygen atoms in total. The molecule has 0 atom stereocenters. The van der Waals surface area contributed by atoms with Gasteiger partial charge in [-0.2, -0.15) is 0 Å². The van der Waals surface area contributed by atoms with E-state index in [1.54, 1.807) is 10.6 Å². The number of nitrogens with zero attached hydrogens (tertiary/aromatic N) is 1. The Kier molecular flexibility index (Phi) is 6.54. The quantitative estimate of drug-likeness (QED) is 0.459. The van der Waals surface area contributed by atoms with E-state index in [1.165, 1.54) is 0 Å². The number of rotatable bonds is 8. The molecule has 3 aromatic rings. The van der Waals surface area contributed by atoms with Crippen molar-refractivity contribution < 1.29 is 4.79 Å². The van der Waals surface area contributed by atoms with Crippen molar-refractivity contribution in [2.75, 3.05) is 0 Å². The number of para-hydroxylation sites is 1. The summed E-state index contributed by atoms with van der Waals surface area (Å²) in [6.45, 7) is 1.12. The molecule has 0 bridgehead atoms. The lowest BCUT2D eigenvalue weighted by Gasteiger charge is -2.08. The molecular formula is C21H23N3O2S. The number of carbonyl (C=O) groups excluding carboxylic acids is 1. The number of benzene rings is 2. The van der Waals surface area contributed by atoms with Gasteiger partial charge in [-0.15, -0.1) is 0 Å². The number of hydrogen-bond donors (Lipinski definition) is 2. The lowest BCUT2D eigenvalue weighted by Crippen LogP contribution is -2.23. The summed E-state index contributed by atoms with van der Waals surface area (Å²) in [5.74, 6) is 0.0546. The predicted octanol–water partition coefficient (Wildman–Crippen LogP) is 3.94. The number of carbonyl (C=O) groups is 1. The average Bonchev–Trinajstić information content (AvgIpc) is 2.69. The first kappa shape index (κ1) is 19.0. The maximum absolute atomic E-state index is 12.6. The van der Waals surface area contributed by atoms with Gasteiger partial charge in [-0.25, -0.2) is 0 Å². The van der Waals surface area contributed by atoms with Crippen molar-refractivity contribution >= 4 is 29.0 Å². The highest BCUT2D eigenvalue weighted by atomic mass is 32.1. The van der Waals surface area contributed by atoms with Crippen molar-refractivity contribution in [3.05, 3.63) is 75.3 Å². The van der Waals surface area contributed by atoms with Gasteiger partial charge in [-0.3, -0.25) is 14.2 Å². The van der Waals surface area contributed by atoms with Crippen LogP contribution in [0, 0.1) is 4.77 Å². The molecule has 140 valence electrons. The van der Waals surface area contributed by atoms with Crippen molar-refractivity contribution in [3.8, 4) is 0 Å². The highest BCUT2D eigenvalue weighted by Gasteiger charge is 2.05. The van der Waals surface area contributed by atoms with Crippen LogP contribution in [0.15, 0.2) is 59.4 Å². The van der Waals surface area contributed by atoms with Crippen LogP contribution in [0.5, 0.6) is 0 Å². The lowest BCUT2D eigenvalue weighted by atomic mass is 10.1. The summed E-state index contributed by atoms with van der Waals surface area (Å²) in [6, 6.07) is 17.2. The number of H-pyrrole nitrogens is 1. The van der Waals surface area contributed by atoms with Gasteiger partial charge >= 0.3 is 0 Å². The second-order valence-electron chi connectivity index (χ2n) is 6.51. The van der Waals surface area contributed by atoms with Gasteiger partial charge in [0.2, 0.25) is 5.91 Å². The molecule has 0 aliphatic heterocycles. The van der Waals surface area contributed by atoms with E-state index in [9.17, 15) is 9.59 Å². The minimum absolute atomic E-state index is 0.0546. The van der Waals surface area contributed by atoms with Gasteiger partial charge in [0.25, 0.3) is 5.56 Å². The van der Waals surface area contributed by atoms with E-state index in [4.69, 9.17) is 12.2 Å². The van der Waals surface area contributed by atoms with Gasteiger partial charge in [0, 0.05) is 19.5 Å². The van der Waals surface area contributed by atoms with Gasteiger partial charge in [-0.05, 0) is 42.8 Å². The third-order valence-corrected chi connectivity index (χ3v) is 4.83. The molecule has 27 heavy (non-hydrogen) atoms. The summed E-state index contributed by atoms with van der Waals surface area (Å²) in [5.41, 5.74) is 1.80. The van der Waals surface area contributed by atoms with Gasteiger partial charge < -0.3 is 10.3 Å². The van der Waals surface area contributed by atoms with E-state index in [0.717, 1.165) is 30.3 Å². The van der Waals surface area contributed by atoms with Gasteiger partial charge in [0.1, 0.15) is 0 Å². The molecule has 0 fully saturated rings. The second-order valence-corrected chi connectivity index (χ2v) is 6.89. The minimum Gasteiger partial charge on any atom is -0.352 e. The van der Waals surface area contributed by atoms with Crippen molar-refractivity contribution in [1.29, 1.82) is 0 Å². The molecule has 2 N–H and O–H groups in total. The van der Waals surface area contributed by atoms with Crippen LogP contribution in [0.2, 0.25) is 0 Å². The van der Waals surface area contributed by atoms with E-state index >= 15 is 0 Å². The van der Waals surface area contributed by atoms with Crippen LogP contribution in [0.25, 0.3) is 10.9 Å². The Morgan fingerprint density at radius 3 is 2.56 bits per heavy atom. The number of aromatic nitrogens is 2. The van der Waals surface area contributed by atoms with Gasteiger partial charge in [0.05, 0.1) is 10.9 Å². The number of unbranched alkanes of at least 4 members (excludes halogenated alkanes) is 2. The highest BCUT2D eigenvalue weighted by Crippen LogP contribution is 2.08. The number of amides is 1. The molecule has 1 amide bonds. The topological polar surface area (TPSA) is 66.9 Å². The van der Waals surface area contributed by atoms with Crippen molar-refractivity contribution in [3.63, 3.8) is 0 Å². The van der Waals surface area contributed by atoms with Crippen LogP contribution in [0.4, 0.5) is 0 Å². The molecule has 0 radical (unpaired) electrons. The number of aromatic amines is 1. The van der Waals surface area contributed by atoms with Crippen molar-refractivity contribution in [2.24, 2.45) is 0 Å². The SMILES string of the molecule is O=C(CCCCCn1c(=S)[nH]c2ccccc2c1=O)NCc1ccccc1. The fourth-order valence-electron chi connectivity index (χ4n) is 3.02. The standard InChI is InChI=1S/C21H23N3O2S/c25-19(22-15-16-9-3-1-4-10-16)13-5-2-8-14-24-20(26)17-11-6-7-12-18(17)23-21(24)27/h1,3-4,6-7,9-12H,2,5,8,13-15H2,(H,22,25)(H,23,27). The normalized spacial score (nSPS) is 10.8. The summed E-state index contributed by atoms with van der Waals surface area (Å²) in [4.78, 5) is 27.6. The summed E-state index contributed by atoms with van der Waals surface area (Å²) in [6.07, 6.45) is 2.96. The van der Waals surface area contributed by atoms with Crippen LogP contribution < -0.4 is 10.9 Å². The summed E-state index contributed by atoms with van der Waals surface area (Å²) in [5, 5.41) is 3.57. The molecule has 0 saturated heterocycles. The molecule has 0 saturated carbocycles. The third kappa shape index (κ3) is 5.14. The fraction of sp³-hybridized carbons (Fsp3) is 0.286. The molecule has 1 aromatic heterocycles. The number of hydrogen-bond acceptors (Lipinski definition) is 3. The zero-order valence-corrected chi connectivity index (χ0v) is 15.9. The van der Waals surface area contributed by atoms with E-state index in [-0.39, 0.29) is 11.5 Å². The lowest BCUT2D eigenvalue weighted by molar-refractivity contribution is -0.121. The first-order valence-electron chi connectivity index (χ1n) is 9.17. The Hall–Kier alpha value is -2.73.